The molecular weight excluding hydrogens is 262 g/mol. The minimum atomic E-state index is -0.288. The minimum Gasteiger partial charge on any atom is -0.462 e. The molecular formula is C18H21NO2. The van der Waals surface area contributed by atoms with Crippen molar-refractivity contribution in [1.29, 1.82) is 0 Å². The van der Waals surface area contributed by atoms with E-state index < -0.39 is 0 Å². The zero-order valence-electron chi connectivity index (χ0n) is 12.9. The van der Waals surface area contributed by atoms with Crippen LogP contribution in [0.5, 0.6) is 0 Å². The molecule has 0 aliphatic heterocycles. The number of nitrogens with zero attached hydrogens (tertiary/aromatic N) is 1. The van der Waals surface area contributed by atoms with E-state index in [0.717, 1.165) is 34.1 Å². The lowest BCUT2D eigenvalue weighted by molar-refractivity contribution is 0.0526. The molecule has 1 aromatic carbocycles. The van der Waals surface area contributed by atoms with E-state index in [4.69, 9.17) is 9.72 Å². The third kappa shape index (κ3) is 3.13. The van der Waals surface area contributed by atoms with Crippen molar-refractivity contribution in [3.05, 3.63) is 53.2 Å². The summed E-state index contributed by atoms with van der Waals surface area (Å²) in [6, 6.07) is 5.82. The van der Waals surface area contributed by atoms with Crippen molar-refractivity contribution in [3.8, 4) is 0 Å². The first-order chi connectivity index (χ1) is 10.1. The predicted octanol–water partition coefficient (Wildman–Crippen LogP) is 4.01. The summed E-state index contributed by atoms with van der Waals surface area (Å²) in [5.41, 5.74) is 4.75. The van der Waals surface area contributed by atoms with Gasteiger partial charge in [-0.25, -0.2) is 4.79 Å². The fraction of sp³-hybridized carbons (Fsp3) is 0.333. The molecule has 21 heavy (non-hydrogen) atoms. The number of aromatic nitrogens is 1. The molecule has 0 aliphatic carbocycles. The molecule has 2 rings (SSSR count). The van der Waals surface area contributed by atoms with Crippen LogP contribution in [0.25, 0.3) is 10.9 Å². The minimum absolute atomic E-state index is 0.288. The number of hydrogen-bond donors (Lipinski definition) is 0. The average molecular weight is 283 g/mol. The van der Waals surface area contributed by atoms with E-state index in [1.165, 1.54) is 0 Å². The largest absolute Gasteiger partial charge is 0.462 e. The molecule has 110 valence electrons. The summed E-state index contributed by atoms with van der Waals surface area (Å²) in [4.78, 5) is 16.7. The number of carbonyl (C=O) groups excluding carboxylic acids is 1. The van der Waals surface area contributed by atoms with Crippen molar-refractivity contribution in [3.63, 3.8) is 0 Å². The molecule has 0 unspecified atom stereocenters. The topological polar surface area (TPSA) is 39.2 Å². The SMILES string of the molecule is C=CCc1cc(C(=O)OCC)cc2c(C)cc(CC)nc12. The zero-order chi connectivity index (χ0) is 15.4. The van der Waals surface area contributed by atoms with Gasteiger partial charge in [0.2, 0.25) is 0 Å². The highest BCUT2D eigenvalue weighted by atomic mass is 16.5. The lowest BCUT2D eigenvalue weighted by Gasteiger charge is -2.11. The quantitative estimate of drug-likeness (QED) is 0.614. The second-order valence-corrected chi connectivity index (χ2v) is 5.03. The molecule has 0 fully saturated rings. The van der Waals surface area contributed by atoms with Crippen molar-refractivity contribution in [2.45, 2.75) is 33.6 Å². The van der Waals surface area contributed by atoms with Gasteiger partial charge in [-0.1, -0.05) is 13.0 Å². The highest BCUT2D eigenvalue weighted by Gasteiger charge is 2.13. The Bertz CT molecular complexity index is 689. The van der Waals surface area contributed by atoms with Crippen molar-refractivity contribution in [1.82, 2.24) is 4.98 Å². The Hall–Kier alpha value is -2.16. The molecule has 0 atom stereocenters. The van der Waals surface area contributed by atoms with Crippen molar-refractivity contribution >= 4 is 16.9 Å². The fourth-order valence-electron chi connectivity index (χ4n) is 2.46. The number of pyridine rings is 1. The normalized spacial score (nSPS) is 10.6. The third-order valence-electron chi connectivity index (χ3n) is 3.49. The lowest BCUT2D eigenvalue weighted by Crippen LogP contribution is -2.06. The van der Waals surface area contributed by atoms with Crippen LogP contribution >= 0.6 is 0 Å². The zero-order valence-corrected chi connectivity index (χ0v) is 12.9. The molecule has 0 aliphatic rings. The molecule has 1 heterocycles. The molecule has 2 aromatic rings. The second-order valence-electron chi connectivity index (χ2n) is 5.03. The fourth-order valence-corrected chi connectivity index (χ4v) is 2.46. The van der Waals surface area contributed by atoms with Crippen LogP contribution in [-0.4, -0.2) is 17.6 Å². The van der Waals surface area contributed by atoms with Crippen molar-refractivity contribution < 1.29 is 9.53 Å². The summed E-state index contributed by atoms with van der Waals surface area (Å²) in [6.07, 6.45) is 3.41. The monoisotopic (exact) mass is 283 g/mol. The number of allylic oxidation sites excluding steroid dienone is 1. The highest BCUT2D eigenvalue weighted by molar-refractivity contribution is 5.97. The van der Waals surface area contributed by atoms with Gasteiger partial charge in [0.15, 0.2) is 0 Å². The number of ether oxygens (including phenoxy) is 1. The summed E-state index contributed by atoms with van der Waals surface area (Å²) < 4.78 is 5.11. The van der Waals surface area contributed by atoms with Crippen molar-refractivity contribution in [2.75, 3.05) is 6.61 Å². The van der Waals surface area contributed by atoms with Gasteiger partial charge in [0.1, 0.15) is 0 Å². The summed E-state index contributed by atoms with van der Waals surface area (Å²) in [6.45, 7) is 10.1. The predicted molar refractivity (Wildman–Crippen MR) is 85.7 cm³/mol. The van der Waals surface area contributed by atoms with Crippen LogP contribution in [0, 0.1) is 6.92 Å². The number of fused-ring (bicyclic) bond motifs is 1. The van der Waals surface area contributed by atoms with Gasteiger partial charge < -0.3 is 4.74 Å². The van der Waals surface area contributed by atoms with Crippen LogP contribution in [0.4, 0.5) is 0 Å². The molecule has 0 bridgehead atoms. The van der Waals surface area contributed by atoms with Crippen LogP contribution in [-0.2, 0) is 17.6 Å². The van der Waals surface area contributed by atoms with Gasteiger partial charge >= 0.3 is 5.97 Å². The molecule has 1 aromatic heterocycles. The molecule has 3 heteroatoms. The van der Waals surface area contributed by atoms with E-state index in [-0.39, 0.29) is 5.97 Å². The Labute approximate surface area is 125 Å². The molecule has 0 N–H and O–H groups in total. The van der Waals surface area contributed by atoms with Crippen LogP contribution in [0.1, 0.15) is 41.0 Å². The van der Waals surface area contributed by atoms with Crippen LogP contribution < -0.4 is 0 Å². The Morgan fingerprint density at radius 2 is 2.10 bits per heavy atom. The average Bonchev–Trinajstić information content (AvgIpc) is 2.48. The van der Waals surface area contributed by atoms with E-state index in [1.54, 1.807) is 0 Å². The summed E-state index contributed by atoms with van der Waals surface area (Å²) >= 11 is 0. The second kappa shape index (κ2) is 6.53. The summed E-state index contributed by atoms with van der Waals surface area (Å²) in [5.74, 6) is -0.288. The van der Waals surface area contributed by atoms with Gasteiger partial charge in [0.25, 0.3) is 0 Å². The van der Waals surface area contributed by atoms with Gasteiger partial charge in [-0.2, -0.15) is 0 Å². The van der Waals surface area contributed by atoms with Crippen LogP contribution in [0.2, 0.25) is 0 Å². The third-order valence-corrected chi connectivity index (χ3v) is 3.49. The number of benzene rings is 1. The van der Waals surface area contributed by atoms with Gasteiger partial charge in [0.05, 0.1) is 17.7 Å². The maximum Gasteiger partial charge on any atom is 0.338 e. The van der Waals surface area contributed by atoms with Crippen molar-refractivity contribution in [2.24, 2.45) is 0 Å². The number of esters is 1. The maximum absolute atomic E-state index is 12.0. The van der Waals surface area contributed by atoms with Crippen LogP contribution in [0.3, 0.4) is 0 Å². The number of carbonyl (C=O) groups is 1. The van der Waals surface area contributed by atoms with E-state index in [1.807, 2.05) is 25.1 Å². The Morgan fingerprint density at radius 1 is 1.33 bits per heavy atom. The van der Waals surface area contributed by atoms with E-state index >= 15 is 0 Å². The standard InChI is InChI=1S/C18H21NO2/c1-5-8-13-10-14(18(20)21-7-3)11-16-12(4)9-15(6-2)19-17(13)16/h5,9-11H,1,6-8H2,2-4H3. The Kier molecular flexibility index (Phi) is 4.73. The number of aryl methyl sites for hydroxylation is 2. The first-order valence-electron chi connectivity index (χ1n) is 7.31. The summed E-state index contributed by atoms with van der Waals surface area (Å²) in [5, 5.41) is 1.01. The van der Waals surface area contributed by atoms with E-state index in [9.17, 15) is 4.79 Å². The molecule has 0 radical (unpaired) electrons. The maximum atomic E-state index is 12.0. The Morgan fingerprint density at radius 3 is 2.71 bits per heavy atom. The highest BCUT2D eigenvalue weighted by Crippen LogP contribution is 2.25. The number of rotatable bonds is 5. The smallest absolute Gasteiger partial charge is 0.338 e. The van der Waals surface area contributed by atoms with Gasteiger partial charge in [-0.05, 0) is 56.0 Å². The van der Waals surface area contributed by atoms with E-state index in [0.29, 0.717) is 18.6 Å². The first-order valence-corrected chi connectivity index (χ1v) is 7.31. The molecule has 0 saturated heterocycles. The van der Waals surface area contributed by atoms with Gasteiger partial charge in [-0.3, -0.25) is 4.98 Å². The van der Waals surface area contributed by atoms with Gasteiger partial charge in [-0.15, -0.1) is 6.58 Å². The Balaban J connectivity index is 2.69. The first kappa shape index (κ1) is 15.2. The molecule has 0 spiro atoms. The van der Waals surface area contributed by atoms with Gasteiger partial charge in [0, 0.05) is 11.1 Å². The van der Waals surface area contributed by atoms with E-state index in [2.05, 4.69) is 26.5 Å². The molecule has 3 nitrogen and oxygen atoms in total. The van der Waals surface area contributed by atoms with Crippen LogP contribution in [0.15, 0.2) is 30.9 Å². The molecule has 0 amide bonds. The summed E-state index contributed by atoms with van der Waals surface area (Å²) in [7, 11) is 0. The molecule has 0 saturated carbocycles. The lowest BCUT2D eigenvalue weighted by atomic mass is 9.99. The number of hydrogen-bond acceptors (Lipinski definition) is 3.